The van der Waals surface area contributed by atoms with Gasteiger partial charge in [-0.1, -0.05) is 30.3 Å². The molecule has 0 unspecified atom stereocenters. The summed E-state index contributed by atoms with van der Waals surface area (Å²) in [5, 5.41) is 15.3. The monoisotopic (exact) mass is 271 g/mol. The van der Waals surface area contributed by atoms with E-state index in [1.54, 1.807) is 0 Å². The molecule has 1 aromatic carbocycles. The molecule has 2 rings (SSSR count). The van der Waals surface area contributed by atoms with Crippen LogP contribution >= 0.6 is 0 Å². The van der Waals surface area contributed by atoms with Gasteiger partial charge in [-0.05, 0) is 38.2 Å². The Morgan fingerprint density at radius 1 is 1.35 bits per heavy atom. The van der Waals surface area contributed by atoms with Gasteiger partial charge in [0.15, 0.2) is 0 Å². The Bertz CT molecular complexity index is 486. The number of nitrogens with zero attached hydrogens (tertiary/aromatic N) is 1. The molecule has 0 spiro atoms. The highest BCUT2D eigenvalue weighted by atomic mass is 16.2. The molecule has 1 aliphatic carbocycles. The van der Waals surface area contributed by atoms with Crippen LogP contribution in [0.4, 0.5) is 0 Å². The first-order valence-electron chi connectivity index (χ1n) is 7.16. The van der Waals surface area contributed by atoms with Crippen molar-refractivity contribution in [1.82, 2.24) is 10.6 Å². The molecule has 0 saturated heterocycles. The third-order valence-electron chi connectivity index (χ3n) is 3.92. The van der Waals surface area contributed by atoms with Crippen LogP contribution in [0.1, 0.15) is 44.2 Å². The second kappa shape index (κ2) is 6.53. The Balaban J connectivity index is 1.82. The molecule has 2 N–H and O–H groups in total. The van der Waals surface area contributed by atoms with Crippen molar-refractivity contribution >= 4 is 5.91 Å². The Morgan fingerprint density at radius 2 is 2.00 bits per heavy atom. The second-order valence-electron chi connectivity index (χ2n) is 5.46. The van der Waals surface area contributed by atoms with E-state index < -0.39 is 5.54 Å². The van der Waals surface area contributed by atoms with Crippen molar-refractivity contribution in [1.29, 1.82) is 5.26 Å². The van der Waals surface area contributed by atoms with Gasteiger partial charge in [0.2, 0.25) is 5.91 Å². The summed E-state index contributed by atoms with van der Waals surface area (Å²) < 4.78 is 0. The van der Waals surface area contributed by atoms with Crippen molar-refractivity contribution in [3.63, 3.8) is 0 Å². The molecule has 0 radical (unpaired) electrons. The third kappa shape index (κ3) is 3.58. The number of nitrogens with one attached hydrogen (secondary N) is 2. The molecule has 4 nitrogen and oxygen atoms in total. The van der Waals surface area contributed by atoms with Gasteiger partial charge in [0.05, 0.1) is 12.6 Å². The van der Waals surface area contributed by atoms with Crippen LogP contribution < -0.4 is 10.6 Å². The van der Waals surface area contributed by atoms with Crippen LogP contribution in [0.5, 0.6) is 0 Å². The standard InChI is InChI=1S/C16H21N3O/c1-13(14-7-3-2-4-8-14)18-11-15(20)19-16(12-17)9-5-6-10-16/h2-4,7-8,13,18H,5-6,9-11H2,1H3,(H,19,20)/t13-/m0/s1. The summed E-state index contributed by atoms with van der Waals surface area (Å²) in [6.07, 6.45) is 3.57. The van der Waals surface area contributed by atoms with E-state index in [-0.39, 0.29) is 18.5 Å². The van der Waals surface area contributed by atoms with E-state index in [2.05, 4.69) is 16.7 Å². The Kier molecular flexibility index (Phi) is 4.75. The Hall–Kier alpha value is -1.86. The average molecular weight is 271 g/mol. The van der Waals surface area contributed by atoms with Crippen LogP contribution in [0.3, 0.4) is 0 Å². The fourth-order valence-electron chi connectivity index (χ4n) is 2.66. The highest BCUT2D eigenvalue weighted by Gasteiger charge is 2.35. The van der Waals surface area contributed by atoms with Gasteiger partial charge in [-0.2, -0.15) is 5.26 Å². The molecule has 1 saturated carbocycles. The van der Waals surface area contributed by atoms with E-state index in [1.165, 1.54) is 0 Å². The maximum Gasteiger partial charge on any atom is 0.235 e. The van der Waals surface area contributed by atoms with Gasteiger partial charge in [0.25, 0.3) is 0 Å². The Labute approximate surface area is 120 Å². The first kappa shape index (κ1) is 14.5. The number of hydrogen-bond acceptors (Lipinski definition) is 3. The lowest BCUT2D eigenvalue weighted by Crippen LogP contribution is -2.48. The van der Waals surface area contributed by atoms with Crippen molar-refractivity contribution < 1.29 is 4.79 Å². The van der Waals surface area contributed by atoms with Crippen LogP contribution in [0.2, 0.25) is 0 Å². The molecule has 1 fully saturated rings. The number of benzene rings is 1. The number of hydrogen-bond donors (Lipinski definition) is 2. The minimum absolute atomic E-state index is 0.101. The quantitative estimate of drug-likeness (QED) is 0.863. The highest BCUT2D eigenvalue weighted by Crippen LogP contribution is 2.28. The molecule has 0 heterocycles. The molecular weight excluding hydrogens is 250 g/mol. The number of amides is 1. The van der Waals surface area contributed by atoms with Crippen LogP contribution in [-0.4, -0.2) is 18.0 Å². The number of carbonyl (C=O) groups excluding carboxylic acids is 1. The van der Waals surface area contributed by atoms with E-state index in [0.29, 0.717) is 0 Å². The molecule has 1 amide bonds. The number of carbonyl (C=O) groups is 1. The Morgan fingerprint density at radius 3 is 2.60 bits per heavy atom. The smallest absolute Gasteiger partial charge is 0.235 e. The zero-order valence-electron chi connectivity index (χ0n) is 11.9. The maximum atomic E-state index is 12.0. The van der Waals surface area contributed by atoms with Crippen molar-refractivity contribution in [2.24, 2.45) is 0 Å². The molecular formula is C16H21N3O. The molecule has 0 bridgehead atoms. The largest absolute Gasteiger partial charge is 0.337 e. The predicted molar refractivity (Wildman–Crippen MR) is 77.8 cm³/mol. The lowest BCUT2D eigenvalue weighted by molar-refractivity contribution is -0.121. The van der Waals surface area contributed by atoms with Crippen LogP contribution in [0.15, 0.2) is 30.3 Å². The maximum absolute atomic E-state index is 12.0. The summed E-state index contributed by atoms with van der Waals surface area (Å²) >= 11 is 0. The van der Waals surface area contributed by atoms with E-state index in [9.17, 15) is 10.1 Å². The third-order valence-corrected chi connectivity index (χ3v) is 3.92. The topological polar surface area (TPSA) is 64.9 Å². The SMILES string of the molecule is C[C@H](NCC(=O)NC1(C#N)CCCC1)c1ccccc1. The number of nitriles is 1. The summed E-state index contributed by atoms with van der Waals surface area (Å²) in [4.78, 5) is 12.0. The van der Waals surface area contributed by atoms with Crippen molar-refractivity contribution in [2.45, 2.75) is 44.2 Å². The van der Waals surface area contributed by atoms with Crippen LogP contribution in [0, 0.1) is 11.3 Å². The normalized spacial score (nSPS) is 18.2. The minimum atomic E-state index is -0.630. The van der Waals surface area contributed by atoms with Gasteiger partial charge in [0.1, 0.15) is 5.54 Å². The molecule has 20 heavy (non-hydrogen) atoms. The molecule has 1 aromatic rings. The van der Waals surface area contributed by atoms with Gasteiger partial charge in [0, 0.05) is 6.04 Å². The van der Waals surface area contributed by atoms with Gasteiger partial charge in [-0.25, -0.2) is 0 Å². The molecule has 1 atom stereocenters. The van der Waals surface area contributed by atoms with Crippen molar-refractivity contribution in [3.05, 3.63) is 35.9 Å². The first-order chi connectivity index (χ1) is 9.65. The molecule has 106 valence electrons. The lowest BCUT2D eigenvalue weighted by Gasteiger charge is -2.23. The minimum Gasteiger partial charge on any atom is -0.337 e. The van der Waals surface area contributed by atoms with Gasteiger partial charge in [-0.15, -0.1) is 0 Å². The summed E-state index contributed by atoms with van der Waals surface area (Å²) in [6, 6.07) is 12.4. The zero-order chi connectivity index (χ0) is 14.4. The summed E-state index contributed by atoms with van der Waals surface area (Å²) in [5.74, 6) is -0.101. The molecule has 4 heteroatoms. The fourth-order valence-corrected chi connectivity index (χ4v) is 2.66. The molecule has 1 aliphatic rings. The summed E-state index contributed by atoms with van der Waals surface area (Å²) in [5.41, 5.74) is 0.519. The second-order valence-corrected chi connectivity index (χ2v) is 5.46. The molecule has 0 aliphatic heterocycles. The predicted octanol–water partition coefficient (Wildman–Crippen LogP) is 2.29. The first-order valence-corrected chi connectivity index (χ1v) is 7.16. The van der Waals surface area contributed by atoms with Gasteiger partial charge < -0.3 is 10.6 Å². The van der Waals surface area contributed by atoms with E-state index in [4.69, 9.17) is 0 Å². The molecule has 0 aromatic heterocycles. The van der Waals surface area contributed by atoms with E-state index in [0.717, 1.165) is 31.2 Å². The summed E-state index contributed by atoms with van der Waals surface area (Å²) in [7, 11) is 0. The summed E-state index contributed by atoms with van der Waals surface area (Å²) in [6.45, 7) is 2.26. The highest BCUT2D eigenvalue weighted by molar-refractivity contribution is 5.79. The van der Waals surface area contributed by atoms with Crippen LogP contribution in [-0.2, 0) is 4.79 Å². The average Bonchev–Trinajstić information content (AvgIpc) is 2.95. The van der Waals surface area contributed by atoms with Crippen LogP contribution in [0.25, 0.3) is 0 Å². The van der Waals surface area contributed by atoms with E-state index in [1.807, 2.05) is 37.3 Å². The van der Waals surface area contributed by atoms with Crippen molar-refractivity contribution in [3.8, 4) is 6.07 Å². The van der Waals surface area contributed by atoms with Crippen molar-refractivity contribution in [2.75, 3.05) is 6.54 Å². The fraction of sp³-hybridized carbons (Fsp3) is 0.500. The zero-order valence-corrected chi connectivity index (χ0v) is 11.9. The number of rotatable bonds is 5. The van der Waals surface area contributed by atoms with Gasteiger partial charge in [-0.3, -0.25) is 4.79 Å². The lowest BCUT2D eigenvalue weighted by atomic mass is 10.00. The van der Waals surface area contributed by atoms with E-state index >= 15 is 0 Å². The van der Waals surface area contributed by atoms with Gasteiger partial charge >= 0.3 is 0 Å².